The summed E-state index contributed by atoms with van der Waals surface area (Å²) >= 11 is 5.85. The average molecular weight is 279 g/mol. The van der Waals surface area contributed by atoms with Crippen LogP contribution in [0.15, 0.2) is 24.3 Å². The molecule has 2 N–H and O–H groups in total. The van der Waals surface area contributed by atoms with Gasteiger partial charge in [0, 0.05) is 10.9 Å². The second-order valence-corrected chi connectivity index (χ2v) is 5.74. The third-order valence-electron chi connectivity index (χ3n) is 3.83. The van der Waals surface area contributed by atoms with E-state index in [9.17, 15) is 9.59 Å². The summed E-state index contributed by atoms with van der Waals surface area (Å²) in [5.41, 5.74) is 5.52. The first-order valence-electron chi connectivity index (χ1n) is 6.48. The number of halogens is 1. The number of rotatable bonds is 3. The van der Waals surface area contributed by atoms with Gasteiger partial charge in [-0.15, -0.1) is 0 Å². The first-order chi connectivity index (χ1) is 9.12. The van der Waals surface area contributed by atoms with Gasteiger partial charge < -0.3 is 0 Å². The molecule has 2 aliphatic carbocycles. The van der Waals surface area contributed by atoms with Gasteiger partial charge in [-0.05, 0) is 43.4 Å². The van der Waals surface area contributed by atoms with E-state index < -0.39 is 5.41 Å². The molecule has 1 aromatic carbocycles. The highest BCUT2D eigenvalue weighted by molar-refractivity contribution is 6.30. The standard InChI is InChI=1S/C14H15ClN2O2/c15-11-5-3-10(4-6-11)14(7-8-14)13(19)17-16-12(18)9-1-2-9/h3-6,9H,1-2,7-8H2,(H,16,18)(H,17,19). The Balaban J connectivity index is 1.65. The van der Waals surface area contributed by atoms with Crippen LogP contribution in [0.25, 0.3) is 0 Å². The zero-order valence-corrected chi connectivity index (χ0v) is 11.2. The van der Waals surface area contributed by atoms with Crippen molar-refractivity contribution in [3.05, 3.63) is 34.9 Å². The molecule has 100 valence electrons. The van der Waals surface area contributed by atoms with Crippen molar-refractivity contribution in [3.8, 4) is 0 Å². The summed E-state index contributed by atoms with van der Waals surface area (Å²) in [6.45, 7) is 0. The average Bonchev–Trinajstić information content (AvgIpc) is 3.29. The maximum atomic E-state index is 12.2. The first-order valence-corrected chi connectivity index (χ1v) is 6.86. The largest absolute Gasteiger partial charge is 0.273 e. The monoisotopic (exact) mass is 278 g/mol. The molecule has 0 saturated heterocycles. The molecule has 0 aromatic heterocycles. The van der Waals surface area contributed by atoms with E-state index in [1.807, 2.05) is 12.1 Å². The van der Waals surface area contributed by atoms with Gasteiger partial charge in [0.05, 0.1) is 5.41 Å². The molecule has 0 unspecified atom stereocenters. The highest BCUT2D eigenvalue weighted by Gasteiger charge is 2.51. The highest BCUT2D eigenvalue weighted by Crippen LogP contribution is 2.48. The quantitative estimate of drug-likeness (QED) is 0.830. The van der Waals surface area contributed by atoms with E-state index in [-0.39, 0.29) is 17.7 Å². The van der Waals surface area contributed by atoms with E-state index >= 15 is 0 Å². The van der Waals surface area contributed by atoms with Crippen LogP contribution in [0.2, 0.25) is 5.02 Å². The molecule has 2 saturated carbocycles. The Morgan fingerprint density at radius 2 is 1.74 bits per heavy atom. The summed E-state index contributed by atoms with van der Waals surface area (Å²) in [5.74, 6) is -0.130. The van der Waals surface area contributed by atoms with Crippen molar-refractivity contribution in [1.82, 2.24) is 10.9 Å². The van der Waals surface area contributed by atoms with E-state index in [2.05, 4.69) is 10.9 Å². The Morgan fingerprint density at radius 3 is 2.26 bits per heavy atom. The first kappa shape index (κ1) is 12.5. The fourth-order valence-corrected chi connectivity index (χ4v) is 2.35. The Morgan fingerprint density at radius 1 is 1.11 bits per heavy atom. The molecule has 0 heterocycles. The molecule has 0 atom stereocenters. The van der Waals surface area contributed by atoms with Crippen LogP contribution in [0.5, 0.6) is 0 Å². The molecule has 0 bridgehead atoms. The molecular weight excluding hydrogens is 264 g/mol. The molecule has 2 aliphatic rings. The van der Waals surface area contributed by atoms with Crippen LogP contribution in [0.1, 0.15) is 31.2 Å². The number of amides is 2. The minimum atomic E-state index is -0.485. The summed E-state index contributed by atoms with van der Waals surface area (Å²) in [6.07, 6.45) is 3.45. The van der Waals surface area contributed by atoms with E-state index in [4.69, 9.17) is 11.6 Å². The summed E-state index contributed by atoms with van der Waals surface area (Å²) < 4.78 is 0. The van der Waals surface area contributed by atoms with Crippen LogP contribution in [-0.4, -0.2) is 11.8 Å². The van der Waals surface area contributed by atoms with Crippen molar-refractivity contribution >= 4 is 23.4 Å². The minimum Gasteiger partial charge on any atom is -0.273 e. The number of carbonyl (C=O) groups excluding carboxylic acids is 2. The molecule has 0 aliphatic heterocycles. The molecule has 0 spiro atoms. The normalized spacial score (nSPS) is 19.6. The van der Waals surface area contributed by atoms with Crippen molar-refractivity contribution in [2.75, 3.05) is 0 Å². The van der Waals surface area contributed by atoms with Gasteiger partial charge in [0.1, 0.15) is 0 Å². The van der Waals surface area contributed by atoms with Gasteiger partial charge in [0.15, 0.2) is 0 Å². The van der Waals surface area contributed by atoms with Crippen LogP contribution >= 0.6 is 11.6 Å². The number of carbonyl (C=O) groups is 2. The Kier molecular flexibility index (Phi) is 2.97. The lowest BCUT2D eigenvalue weighted by atomic mass is 9.95. The SMILES string of the molecule is O=C(NNC(=O)C1(c2ccc(Cl)cc2)CC1)C1CC1. The number of hydrogen-bond acceptors (Lipinski definition) is 2. The maximum absolute atomic E-state index is 12.2. The number of hydrazine groups is 1. The van der Waals surface area contributed by atoms with Gasteiger partial charge in [-0.25, -0.2) is 0 Å². The van der Waals surface area contributed by atoms with Gasteiger partial charge in [-0.2, -0.15) is 0 Å². The summed E-state index contributed by atoms with van der Waals surface area (Å²) in [7, 11) is 0. The lowest BCUT2D eigenvalue weighted by molar-refractivity contribution is -0.130. The summed E-state index contributed by atoms with van der Waals surface area (Å²) in [6, 6.07) is 7.31. The maximum Gasteiger partial charge on any atom is 0.249 e. The van der Waals surface area contributed by atoms with Crippen molar-refractivity contribution in [2.24, 2.45) is 5.92 Å². The van der Waals surface area contributed by atoms with E-state index in [0.29, 0.717) is 5.02 Å². The molecule has 2 fully saturated rings. The van der Waals surface area contributed by atoms with Crippen molar-refractivity contribution in [3.63, 3.8) is 0 Å². The van der Waals surface area contributed by atoms with Crippen LogP contribution in [0, 0.1) is 5.92 Å². The smallest absolute Gasteiger partial charge is 0.249 e. The van der Waals surface area contributed by atoms with E-state index in [1.165, 1.54) is 0 Å². The number of hydrogen-bond donors (Lipinski definition) is 2. The highest BCUT2D eigenvalue weighted by atomic mass is 35.5. The van der Waals surface area contributed by atoms with Crippen LogP contribution < -0.4 is 10.9 Å². The Labute approximate surface area is 116 Å². The Bertz CT molecular complexity index is 519. The topological polar surface area (TPSA) is 58.2 Å². The molecule has 5 heteroatoms. The molecule has 19 heavy (non-hydrogen) atoms. The van der Waals surface area contributed by atoms with Gasteiger partial charge in [-0.3, -0.25) is 20.4 Å². The van der Waals surface area contributed by atoms with Crippen molar-refractivity contribution in [2.45, 2.75) is 31.1 Å². The second-order valence-electron chi connectivity index (χ2n) is 5.31. The van der Waals surface area contributed by atoms with Crippen molar-refractivity contribution < 1.29 is 9.59 Å². The zero-order valence-electron chi connectivity index (χ0n) is 10.4. The number of nitrogens with one attached hydrogen (secondary N) is 2. The molecule has 1 aromatic rings. The lowest BCUT2D eigenvalue weighted by Gasteiger charge is -2.16. The number of benzene rings is 1. The molecule has 0 radical (unpaired) electrons. The van der Waals surface area contributed by atoms with E-state index in [1.54, 1.807) is 12.1 Å². The molecule has 3 rings (SSSR count). The molecular formula is C14H15ClN2O2. The van der Waals surface area contributed by atoms with E-state index in [0.717, 1.165) is 31.2 Å². The second kappa shape index (κ2) is 4.53. The van der Waals surface area contributed by atoms with Gasteiger partial charge in [0.25, 0.3) is 0 Å². The van der Waals surface area contributed by atoms with Gasteiger partial charge in [0.2, 0.25) is 11.8 Å². The van der Waals surface area contributed by atoms with Gasteiger partial charge >= 0.3 is 0 Å². The fraction of sp³-hybridized carbons (Fsp3) is 0.429. The molecule has 4 nitrogen and oxygen atoms in total. The van der Waals surface area contributed by atoms with Crippen molar-refractivity contribution in [1.29, 1.82) is 0 Å². The summed E-state index contributed by atoms with van der Waals surface area (Å²) in [4.78, 5) is 23.7. The van der Waals surface area contributed by atoms with Crippen LogP contribution in [-0.2, 0) is 15.0 Å². The third-order valence-corrected chi connectivity index (χ3v) is 4.08. The molecule has 2 amide bonds. The van der Waals surface area contributed by atoms with Gasteiger partial charge in [-0.1, -0.05) is 23.7 Å². The third kappa shape index (κ3) is 2.45. The minimum absolute atomic E-state index is 0.0831. The Hall–Kier alpha value is -1.55. The van der Waals surface area contributed by atoms with Crippen LogP contribution in [0.4, 0.5) is 0 Å². The van der Waals surface area contributed by atoms with Crippen LogP contribution in [0.3, 0.4) is 0 Å². The zero-order chi connectivity index (χ0) is 13.5. The summed E-state index contributed by atoms with van der Waals surface area (Å²) in [5, 5.41) is 0.655. The fourth-order valence-electron chi connectivity index (χ4n) is 2.23. The predicted octanol–water partition coefficient (Wildman–Crippen LogP) is 1.93. The predicted molar refractivity (Wildman–Crippen MR) is 71.4 cm³/mol. The lowest BCUT2D eigenvalue weighted by Crippen LogP contribution is -2.47.